The predicted molar refractivity (Wildman–Crippen MR) is 61.4 cm³/mol. The lowest BCUT2D eigenvalue weighted by atomic mass is 10.4. The van der Waals surface area contributed by atoms with Crippen LogP contribution in [0.15, 0.2) is 4.99 Å². The van der Waals surface area contributed by atoms with E-state index in [4.69, 9.17) is 5.84 Å². The maximum Gasteiger partial charge on any atom is 0.206 e. The van der Waals surface area contributed by atoms with E-state index in [1.54, 1.807) is 6.26 Å². The summed E-state index contributed by atoms with van der Waals surface area (Å²) in [4.78, 5) is 4.25. The van der Waals surface area contributed by atoms with E-state index >= 15 is 0 Å². The molecular formula is C8H20N4OS. The molecule has 0 spiro atoms. The molecule has 6 heteroatoms. The van der Waals surface area contributed by atoms with Gasteiger partial charge >= 0.3 is 0 Å². The summed E-state index contributed by atoms with van der Waals surface area (Å²) in [5, 5.41) is 3.05. The van der Waals surface area contributed by atoms with Crippen LogP contribution in [-0.4, -0.2) is 34.3 Å². The molecule has 0 radical (unpaired) electrons. The number of guanidine groups is 1. The van der Waals surface area contributed by atoms with Gasteiger partial charge in [-0.3, -0.25) is 9.63 Å². The van der Waals surface area contributed by atoms with Gasteiger partial charge in [0.1, 0.15) is 0 Å². The van der Waals surface area contributed by atoms with Gasteiger partial charge in [0.2, 0.25) is 5.96 Å². The highest BCUT2D eigenvalue weighted by Crippen LogP contribution is 1.92. The van der Waals surface area contributed by atoms with Gasteiger partial charge in [-0.05, 0) is 20.8 Å². The van der Waals surface area contributed by atoms with Crippen molar-refractivity contribution in [3.63, 3.8) is 0 Å². The number of nitrogens with one attached hydrogen (secondary N) is 2. The number of nitrogens with two attached hydrogens (primary N) is 1. The molecule has 0 bridgehead atoms. The van der Waals surface area contributed by atoms with Crippen molar-refractivity contribution in [3.8, 4) is 0 Å². The number of nitrogens with zero attached hydrogens (tertiary/aromatic N) is 1. The quantitative estimate of drug-likeness (QED) is 0.260. The summed E-state index contributed by atoms with van der Waals surface area (Å²) in [5.74, 6) is 6.37. The monoisotopic (exact) mass is 220 g/mol. The average molecular weight is 220 g/mol. The Morgan fingerprint density at radius 3 is 2.43 bits per heavy atom. The van der Waals surface area contributed by atoms with Crippen LogP contribution in [0.5, 0.6) is 0 Å². The summed E-state index contributed by atoms with van der Waals surface area (Å²) >= 11 is 0. The van der Waals surface area contributed by atoms with E-state index < -0.39 is 10.8 Å². The molecule has 0 aliphatic carbocycles. The summed E-state index contributed by atoms with van der Waals surface area (Å²) in [5.41, 5.74) is 2.48. The summed E-state index contributed by atoms with van der Waals surface area (Å²) in [6.07, 6.45) is 1.66. The molecule has 5 nitrogen and oxygen atoms in total. The molecule has 0 heterocycles. The largest absolute Gasteiger partial charge is 0.353 e. The van der Waals surface area contributed by atoms with E-state index in [0.29, 0.717) is 11.7 Å². The van der Waals surface area contributed by atoms with Crippen LogP contribution in [0.25, 0.3) is 0 Å². The second-order valence-corrected chi connectivity index (χ2v) is 4.99. The Hall–Kier alpha value is -0.620. The zero-order valence-corrected chi connectivity index (χ0v) is 10.0. The van der Waals surface area contributed by atoms with Gasteiger partial charge in [0.25, 0.3) is 0 Å². The van der Waals surface area contributed by atoms with Crippen molar-refractivity contribution >= 4 is 16.8 Å². The van der Waals surface area contributed by atoms with Crippen molar-refractivity contribution < 1.29 is 4.21 Å². The molecule has 2 unspecified atom stereocenters. The van der Waals surface area contributed by atoms with Crippen LogP contribution in [0.3, 0.4) is 0 Å². The molecule has 0 aliphatic heterocycles. The average Bonchev–Trinajstić information content (AvgIpc) is 2.00. The zero-order valence-electron chi connectivity index (χ0n) is 9.20. The Morgan fingerprint density at radius 1 is 1.50 bits per heavy atom. The maximum absolute atomic E-state index is 10.9. The second-order valence-electron chi connectivity index (χ2n) is 3.51. The van der Waals surface area contributed by atoms with Crippen LogP contribution in [0.4, 0.5) is 0 Å². The molecule has 0 saturated carbocycles. The molecule has 84 valence electrons. The van der Waals surface area contributed by atoms with Crippen molar-refractivity contribution in [1.82, 2.24) is 10.7 Å². The standard InChI is InChI=1S/C8H20N4OS/c1-6(2)10-8(12-9)11-7(3)5-14(4)13/h6-7H,5,9H2,1-4H3,(H2,10,11,12). The van der Waals surface area contributed by atoms with Crippen molar-refractivity contribution in [2.75, 3.05) is 12.0 Å². The Balaban J connectivity index is 4.20. The van der Waals surface area contributed by atoms with Gasteiger partial charge in [-0.1, -0.05) is 0 Å². The van der Waals surface area contributed by atoms with Gasteiger partial charge < -0.3 is 5.32 Å². The molecule has 0 aromatic rings. The molecule has 4 N–H and O–H groups in total. The van der Waals surface area contributed by atoms with E-state index in [-0.39, 0.29) is 12.1 Å². The van der Waals surface area contributed by atoms with Gasteiger partial charge in [0, 0.05) is 28.9 Å². The third kappa shape index (κ3) is 6.85. The van der Waals surface area contributed by atoms with E-state index in [1.165, 1.54) is 0 Å². The zero-order chi connectivity index (χ0) is 11.1. The predicted octanol–water partition coefficient (Wildman–Crippen LogP) is -0.429. The van der Waals surface area contributed by atoms with Crippen LogP contribution >= 0.6 is 0 Å². The highest BCUT2D eigenvalue weighted by Gasteiger charge is 2.05. The molecule has 0 aromatic heterocycles. The summed E-state index contributed by atoms with van der Waals surface area (Å²) in [6, 6.07) is 0.266. The fourth-order valence-corrected chi connectivity index (χ4v) is 1.74. The van der Waals surface area contributed by atoms with Crippen molar-refractivity contribution in [1.29, 1.82) is 0 Å². The molecule has 0 saturated heterocycles. The minimum Gasteiger partial charge on any atom is -0.353 e. The summed E-state index contributed by atoms with van der Waals surface area (Å²) in [7, 11) is -0.830. The van der Waals surface area contributed by atoms with E-state index in [2.05, 4.69) is 15.7 Å². The topological polar surface area (TPSA) is 79.5 Å². The van der Waals surface area contributed by atoms with Gasteiger partial charge in [-0.15, -0.1) is 0 Å². The highest BCUT2D eigenvalue weighted by molar-refractivity contribution is 7.84. The summed E-state index contributed by atoms with van der Waals surface area (Å²) in [6.45, 7) is 5.89. The Bertz CT molecular complexity index is 217. The second kappa shape index (κ2) is 6.78. The van der Waals surface area contributed by atoms with Crippen LogP contribution in [-0.2, 0) is 10.8 Å². The van der Waals surface area contributed by atoms with Crippen LogP contribution in [0, 0.1) is 0 Å². The molecular weight excluding hydrogens is 200 g/mol. The van der Waals surface area contributed by atoms with E-state index in [9.17, 15) is 4.21 Å². The Morgan fingerprint density at radius 2 is 2.07 bits per heavy atom. The molecule has 0 rings (SSSR count). The normalized spacial score (nSPS) is 16.6. The number of hydrogen-bond donors (Lipinski definition) is 3. The van der Waals surface area contributed by atoms with Crippen molar-refractivity contribution in [2.45, 2.75) is 32.9 Å². The maximum atomic E-state index is 10.9. The third-order valence-corrected chi connectivity index (χ3v) is 2.34. The number of aliphatic imine (C=N–C) groups is 1. The first-order valence-electron chi connectivity index (χ1n) is 4.56. The van der Waals surface area contributed by atoms with Gasteiger partial charge in [0.15, 0.2) is 0 Å². The van der Waals surface area contributed by atoms with Gasteiger partial charge in [-0.25, -0.2) is 10.8 Å². The molecule has 0 fully saturated rings. The van der Waals surface area contributed by atoms with E-state index in [0.717, 1.165) is 0 Å². The minimum atomic E-state index is -0.830. The van der Waals surface area contributed by atoms with E-state index in [1.807, 2.05) is 20.8 Å². The Labute approximate surface area is 88.0 Å². The van der Waals surface area contributed by atoms with Crippen LogP contribution < -0.4 is 16.6 Å². The fraction of sp³-hybridized carbons (Fsp3) is 0.875. The third-order valence-electron chi connectivity index (χ3n) is 1.39. The lowest BCUT2D eigenvalue weighted by Crippen LogP contribution is -2.45. The minimum absolute atomic E-state index is 0.00173. The fourth-order valence-electron chi connectivity index (χ4n) is 0.987. The SMILES string of the molecule is CC(CS(C)=O)N=C(NN)NC(C)C. The first-order valence-corrected chi connectivity index (χ1v) is 6.29. The first-order chi connectivity index (χ1) is 6.45. The van der Waals surface area contributed by atoms with Crippen LogP contribution in [0.1, 0.15) is 20.8 Å². The van der Waals surface area contributed by atoms with Gasteiger partial charge in [0.05, 0.1) is 6.04 Å². The molecule has 2 atom stereocenters. The highest BCUT2D eigenvalue weighted by atomic mass is 32.2. The number of rotatable bonds is 4. The molecule has 0 aromatic carbocycles. The summed E-state index contributed by atoms with van der Waals surface area (Å²) < 4.78 is 10.9. The van der Waals surface area contributed by atoms with Crippen LogP contribution in [0.2, 0.25) is 0 Å². The lowest BCUT2D eigenvalue weighted by Gasteiger charge is -2.14. The lowest BCUT2D eigenvalue weighted by molar-refractivity contribution is 0.674. The molecule has 14 heavy (non-hydrogen) atoms. The number of hydrazine groups is 1. The van der Waals surface area contributed by atoms with Gasteiger partial charge in [-0.2, -0.15) is 0 Å². The van der Waals surface area contributed by atoms with Crippen molar-refractivity contribution in [3.05, 3.63) is 0 Å². The Kier molecular flexibility index (Phi) is 6.48. The number of hydrogen-bond acceptors (Lipinski definition) is 3. The molecule has 0 amide bonds. The molecule has 0 aliphatic rings. The smallest absolute Gasteiger partial charge is 0.206 e. The first kappa shape index (κ1) is 13.4. The van der Waals surface area contributed by atoms with Crippen molar-refractivity contribution in [2.24, 2.45) is 10.8 Å².